The van der Waals surface area contributed by atoms with Crippen molar-refractivity contribution in [2.75, 3.05) is 25.6 Å². The SMILES string of the molecule is COCCNc1ccccc1. The summed E-state index contributed by atoms with van der Waals surface area (Å²) in [5.74, 6) is 0. The quantitative estimate of drug-likeness (QED) is 0.662. The average molecular weight is 151 g/mol. The molecule has 0 atom stereocenters. The first-order valence-corrected chi connectivity index (χ1v) is 3.71. The van der Waals surface area contributed by atoms with Crippen LogP contribution in [-0.4, -0.2) is 20.3 Å². The van der Waals surface area contributed by atoms with E-state index in [1.165, 1.54) is 0 Å². The van der Waals surface area contributed by atoms with E-state index in [2.05, 4.69) is 5.32 Å². The van der Waals surface area contributed by atoms with Gasteiger partial charge in [-0.05, 0) is 12.1 Å². The van der Waals surface area contributed by atoms with E-state index in [0.29, 0.717) is 0 Å². The molecule has 60 valence electrons. The number of rotatable bonds is 4. The van der Waals surface area contributed by atoms with Gasteiger partial charge in [0.1, 0.15) is 0 Å². The third kappa shape index (κ3) is 3.05. The predicted molar refractivity (Wildman–Crippen MR) is 46.8 cm³/mol. The number of hydrogen-bond acceptors (Lipinski definition) is 2. The molecule has 1 aromatic carbocycles. The maximum Gasteiger partial charge on any atom is 0.0635 e. The summed E-state index contributed by atoms with van der Waals surface area (Å²) in [5, 5.41) is 3.22. The van der Waals surface area contributed by atoms with Gasteiger partial charge in [0.25, 0.3) is 0 Å². The lowest BCUT2D eigenvalue weighted by molar-refractivity contribution is 0.211. The molecule has 0 aromatic heterocycles. The van der Waals surface area contributed by atoms with E-state index in [0.717, 1.165) is 18.8 Å². The zero-order chi connectivity index (χ0) is 7.94. The zero-order valence-electron chi connectivity index (χ0n) is 6.71. The lowest BCUT2D eigenvalue weighted by atomic mass is 10.3. The molecule has 0 heterocycles. The van der Waals surface area contributed by atoms with Crippen LogP contribution in [0.1, 0.15) is 0 Å². The molecule has 0 spiro atoms. The molecule has 0 fully saturated rings. The summed E-state index contributed by atoms with van der Waals surface area (Å²) in [5.41, 5.74) is 1.14. The van der Waals surface area contributed by atoms with Gasteiger partial charge in [-0.15, -0.1) is 0 Å². The van der Waals surface area contributed by atoms with Gasteiger partial charge in [0.15, 0.2) is 0 Å². The number of para-hydroxylation sites is 1. The van der Waals surface area contributed by atoms with Crippen LogP contribution in [0, 0.1) is 0 Å². The third-order valence-corrected chi connectivity index (χ3v) is 1.41. The molecule has 0 saturated carbocycles. The lowest BCUT2D eigenvalue weighted by Gasteiger charge is -2.03. The van der Waals surface area contributed by atoms with Crippen molar-refractivity contribution in [2.45, 2.75) is 0 Å². The summed E-state index contributed by atoms with van der Waals surface area (Å²) in [7, 11) is 1.70. The summed E-state index contributed by atoms with van der Waals surface area (Å²) in [6, 6.07) is 10.1. The molecule has 2 heteroatoms. The molecule has 11 heavy (non-hydrogen) atoms. The van der Waals surface area contributed by atoms with Gasteiger partial charge >= 0.3 is 0 Å². The van der Waals surface area contributed by atoms with Crippen LogP contribution in [0.5, 0.6) is 0 Å². The van der Waals surface area contributed by atoms with E-state index in [-0.39, 0.29) is 0 Å². The summed E-state index contributed by atoms with van der Waals surface area (Å²) < 4.78 is 4.90. The van der Waals surface area contributed by atoms with E-state index < -0.39 is 0 Å². The van der Waals surface area contributed by atoms with Crippen LogP contribution in [-0.2, 0) is 4.74 Å². The van der Waals surface area contributed by atoms with Crippen molar-refractivity contribution >= 4 is 5.69 Å². The molecule has 0 radical (unpaired) electrons. The number of benzene rings is 1. The summed E-state index contributed by atoms with van der Waals surface area (Å²) >= 11 is 0. The lowest BCUT2D eigenvalue weighted by Crippen LogP contribution is -2.06. The molecule has 0 aliphatic heterocycles. The normalized spacial score (nSPS) is 9.55. The maximum absolute atomic E-state index is 4.90. The first-order chi connectivity index (χ1) is 5.43. The molecule has 0 amide bonds. The van der Waals surface area contributed by atoms with Gasteiger partial charge in [-0.25, -0.2) is 0 Å². The highest BCUT2D eigenvalue weighted by Crippen LogP contribution is 2.03. The first kappa shape index (κ1) is 8.08. The Morgan fingerprint density at radius 1 is 1.27 bits per heavy atom. The monoisotopic (exact) mass is 151 g/mol. The van der Waals surface area contributed by atoms with Crippen molar-refractivity contribution in [1.29, 1.82) is 0 Å². The van der Waals surface area contributed by atoms with Crippen molar-refractivity contribution in [3.8, 4) is 0 Å². The van der Waals surface area contributed by atoms with Gasteiger partial charge < -0.3 is 10.1 Å². The van der Waals surface area contributed by atoms with Crippen molar-refractivity contribution < 1.29 is 4.74 Å². The van der Waals surface area contributed by atoms with E-state index in [1.54, 1.807) is 7.11 Å². The fourth-order valence-corrected chi connectivity index (χ4v) is 0.853. The molecule has 0 aliphatic carbocycles. The molecule has 0 aliphatic rings. The smallest absolute Gasteiger partial charge is 0.0635 e. The minimum atomic E-state index is 0.745. The van der Waals surface area contributed by atoms with Crippen molar-refractivity contribution in [1.82, 2.24) is 0 Å². The zero-order valence-corrected chi connectivity index (χ0v) is 6.71. The van der Waals surface area contributed by atoms with Gasteiger partial charge in [-0.1, -0.05) is 18.2 Å². The Kier molecular flexibility index (Phi) is 3.48. The minimum absolute atomic E-state index is 0.745. The second-order valence-corrected chi connectivity index (χ2v) is 2.29. The molecular weight excluding hydrogens is 138 g/mol. The highest BCUT2D eigenvalue weighted by Gasteiger charge is 1.86. The number of ether oxygens (including phenoxy) is 1. The van der Waals surface area contributed by atoms with Crippen LogP contribution in [0.25, 0.3) is 0 Å². The molecule has 1 aromatic rings. The summed E-state index contributed by atoms with van der Waals surface area (Å²) in [4.78, 5) is 0. The predicted octanol–water partition coefficient (Wildman–Crippen LogP) is 1.74. The average Bonchev–Trinajstić information content (AvgIpc) is 2.07. The van der Waals surface area contributed by atoms with Crippen LogP contribution < -0.4 is 5.32 Å². The molecule has 1 N–H and O–H groups in total. The van der Waals surface area contributed by atoms with Gasteiger partial charge in [-0.2, -0.15) is 0 Å². The first-order valence-electron chi connectivity index (χ1n) is 3.71. The van der Waals surface area contributed by atoms with E-state index in [4.69, 9.17) is 4.74 Å². The largest absolute Gasteiger partial charge is 0.383 e. The Bertz CT molecular complexity index is 186. The van der Waals surface area contributed by atoms with Gasteiger partial charge in [-0.3, -0.25) is 0 Å². The Morgan fingerprint density at radius 2 is 2.00 bits per heavy atom. The molecule has 0 bridgehead atoms. The Balaban J connectivity index is 2.28. The Morgan fingerprint density at radius 3 is 2.64 bits per heavy atom. The van der Waals surface area contributed by atoms with Crippen LogP contribution in [0.15, 0.2) is 30.3 Å². The van der Waals surface area contributed by atoms with Gasteiger partial charge in [0, 0.05) is 19.3 Å². The highest BCUT2D eigenvalue weighted by molar-refractivity contribution is 5.42. The second-order valence-electron chi connectivity index (χ2n) is 2.29. The molecule has 1 rings (SSSR count). The number of anilines is 1. The molecule has 2 nitrogen and oxygen atoms in total. The summed E-state index contributed by atoms with van der Waals surface area (Å²) in [6.45, 7) is 1.61. The molecular formula is C9H13NO. The maximum atomic E-state index is 4.90. The van der Waals surface area contributed by atoms with Crippen LogP contribution in [0.2, 0.25) is 0 Å². The number of nitrogens with one attached hydrogen (secondary N) is 1. The minimum Gasteiger partial charge on any atom is -0.383 e. The van der Waals surface area contributed by atoms with Crippen molar-refractivity contribution in [2.24, 2.45) is 0 Å². The number of methoxy groups -OCH3 is 1. The fraction of sp³-hybridized carbons (Fsp3) is 0.333. The topological polar surface area (TPSA) is 21.3 Å². The Labute approximate surface area is 67.2 Å². The fourth-order valence-electron chi connectivity index (χ4n) is 0.853. The summed E-state index contributed by atoms with van der Waals surface area (Å²) in [6.07, 6.45) is 0. The van der Waals surface area contributed by atoms with Crippen LogP contribution in [0.3, 0.4) is 0 Å². The van der Waals surface area contributed by atoms with Gasteiger partial charge in [0.2, 0.25) is 0 Å². The van der Waals surface area contributed by atoms with Crippen LogP contribution >= 0.6 is 0 Å². The number of hydrogen-bond donors (Lipinski definition) is 1. The van der Waals surface area contributed by atoms with Crippen LogP contribution in [0.4, 0.5) is 5.69 Å². The third-order valence-electron chi connectivity index (χ3n) is 1.41. The Hall–Kier alpha value is -1.02. The standard InChI is InChI=1S/C9H13NO/c1-11-8-7-10-9-5-3-2-4-6-9/h2-6,10H,7-8H2,1H3. The van der Waals surface area contributed by atoms with E-state index >= 15 is 0 Å². The second kappa shape index (κ2) is 4.74. The highest BCUT2D eigenvalue weighted by atomic mass is 16.5. The van der Waals surface area contributed by atoms with Crippen molar-refractivity contribution in [3.05, 3.63) is 30.3 Å². The molecule has 0 saturated heterocycles. The van der Waals surface area contributed by atoms with E-state index in [9.17, 15) is 0 Å². The van der Waals surface area contributed by atoms with Gasteiger partial charge in [0.05, 0.1) is 6.61 Å². The van der Waals surface area contributed by atoms with Crippen molar-refractivity contribution in [3.63, 3.8) is 0 Å². The molecule has 0 unspecified atom stereocenters. The van der Waals surface area contributed by atoms with E-state index in [1.807, 2.05) is 30.3 Å².